The average molecular weight is 299 g/mol. The minimum absolute atomic E-state index is 0.110. The Morgan fingerprint density at radius 1 is 1.30 bits per heavy atom. The summed E-state index contributed by atoms with van der Waals surface area (Å²) in [6, 6.07) is 3.44. The highest BCUT2D eigenvalue weighted by molar-refractivity contribution is 6.20. The molecule has 108 valence electrons. The summed E-state index contributed by atoms with van der Waals surface area (Å²) in [4.78, 5) is 0. The van der Waals surface area contributed by atoms with Gasteiger partial charge in [-0.2, -0.15) is 5.10 Å². The molecular weight excluding hydrogens is 282 g/mol. The lowest BCUT2D eigenvalue weighted by atomic mass is 10.1. The fraction of sp³-hybridized carbons (Fsp3) is 0.400. The van der Waals surface area contributed by atoms with Crippen LogP contribution in [-0.2, 0) is 6.54 Å². The Morgan fingerprint density at radius 3 is 2.65 bits per heavy atom. The van der Waals surface area contributed by atoms with Gasteiger partial charge in [0.2, 0.25) is 0 Å². The summed E-state index contributed by atoms with van der Waals surface area (Å²) in [7, 11) is 0. The number of aryl methyl sites for hydroxylation is 1. The number of hydrogen-bond acceptors (Lipinski definition) is 1. The molecule has 5 heteroatoms. The van der Waals surface area contributed by atoms with Gasteiger partial charge in [0.25, 0.3) is 0 Å². The average Bonchev–Trinajstić information content (AvgIpc) is 2.68. The predicted molar refractivity (Wildman–Crippen MR) is 76.0 cm³/mol. The molecule has 1 aromatic carbocycles. The molecule has 2 aromatic rings. The number of nitrogens with zero attached hydrogens (tertiary/aromatic N) is 2. The fourth-order valence-electron chi connectivity index (χ4n) is 2.35. The molecule has 0 aliphatic heterocycles. The van der Waals surface area contributed by atoms with E-state index in [0.717, 1.165) is 35.5 Å². The normalized spacial score (nSPS) is 12.7. The topological polar surface area (TPSA) is 17.8 Å². The third-order valence-electron chi connectivity index (χ3n) is 3.44. The molecule has 2 rings (SSSR count). The van der Waals surface area contributed by atoms with E-state index in [4.69, 9.17) is 11.6 Å². The number of rotatable bonds is 4. The van der Waals surface area contributed by atoms with Crippen LogP contribution < -0.4 is 0 Å². The van der Waals surface area contributed by atoms with Crippen molar-refractivity contribution in [2.45, 2.75) is 39.1 Å². The molecule has 1 aromatic heterocycles. The zero-order valence-corrected chi connectivity index (χ0v) is 12.5. The Kier molecular flexibility index (Phi) is 4.43. The second-order valence-electron chi connectivity index (χ2n) is 4.85. The first-order valence-corrected chi connectivity index (χ1v) is 6.99. The molecule has 1 atom stereocenters. The monoisotopic (exact) mass is 298 g/mol. The summed E-state index contributed by atoms with van der Waals surface area (Å²) in [6.07, 6.45) is 0.795. The van der Waals surface area contributed by atoms with Crippen molar-refractivity contribution in [3.8, 4) is 0 Å². The van der Waals surface area contributed by atoms with E-state index in [-0.39, 0.29) is 17.5 Å². The molecule has 2 nitrogen and oxygen atoms in total. The number of halogens is 3. The van der Waals surface area contributed by atoms with Crippen LogP contribution in [0.4, 0.5) is 8.78 Å². The van der Waals surface area contributed by atoms with E-state index in [0.29, 0.717) is 0 Å². The van der Waals surface area contributed by atoms with Crippen molar-refractivity contribution in [3.05, 3.63) is 52.3 Å². The number of hydrogen-bond donors (Lipinski definition) is 0. The second-order valence-corrected chi connectivity index (χ2v) is 5.38. The van der Waals surface area contributed by atoms with Gasteiger partial charge in [-0.15, -0.1) is 11.6 Å². The maximum absolute atomic E-state index is 13.7. The summed E-state index contributed by atoms with van der Waals surface area (Å²) in [6.45, 7) is 5.98. The van der Waals surface area contributed by atoms with Crippen LogP contribution in [0.25, 0.3) is 0 Å². The van der Waals surface area contributed by atoms with E-state index in [1.165, 1.54) is 6.07 Å². The summed E-state index contributed by atoms with van der Waals surface area (Å²) < 4.78 is 28.6. The highest BCUT2D eigenvalue weighted by Gasteiger charge is 2.18. The Morgan fingerprint density at radius 2 is 2.00 bits per heavy atom. The van der Waals surface area contributed by atoms with Crippen LogP contribution >= 0.6 is 11.6 Å². The van der Waals surface area contributed by atoms with Gasteiger partial charge in [-0.1, -0.05) is 6.92 Å². The van der Waals surface area contributed by atoms with E-state index in [1.54, 1.807) is 4.68 Å². The van der Waals surface area contributed by atoms with Crippen LogP contribution in [0.3, 0.4) is 0 Å². The predicted octanol–water partition coefficient (Wildman–Crippen LogP) is 4.52. The molecule has 0 aliphatic rings. The Bertz CT molecular complexity index is 623. The van der Waals surface area contributed by atoms with Crippen LogP contribution in [0.1, 0.15) is 41.2 Å². The van der Waals surface area contributed by atoms with Gasteiger partial charge in [0.05, 0.1) is 17.6 Å². The Hall–Kier alpha value is -1.42. The molecule has 1 unspecified atom stereocenters. The van der Waals surface area contributed by atoms with Gasteiger partial charge in [-0.05, 0) is 38.5 Å². The Labute approximate surface area is 122 Å². The maximum atomic E-state index is 13.7. The number of alkyl halides is 1. The zero-order valence-electron chi connectivity index (χ0n) is 11.8. The van der Waals surface area contributed by atoms with Crippen LogP contribution in [0, 0.1) is 25.5 Å². The number of aromatic nitrogens is 2. The van der Waals surface area contributed by atoms with E-state index >= 15 is 0 Å². The standard InChI is InChI=1S/C15H17ClF2N2/c1-4-13(16)15-9(2)19-20(10(15)3)8-11-7-12(17)5-6-14(11)18/h5-7,13H,4,8H2,1-3H3. The summed E-state index contributed by atoms with van der Waals surface area (Å²) >= 11 is 6.29. The summed E-state index contributed by atoms with van der Waals surface area (Å²) in [5.74, 6) is -0.884. The third-order valence-corrected chi connectivity index (χ3v) is 3.96. The first kappa shape index (κ1) is 15.0. The van der Waals surface area contributed by atoms with Crippen molar-refractivity contribution in [1.82, 2.24) is 9.78 Å². The van der Waals surface area contributed by atoms with Crippen LogP contribution in [-0.4, -0.2) is 9.78 Å². The van der Waals surface area contributed by atoms with Crippen LogP contribution in [0.2, 0.25) is 0 Å². The molecule has 0 saturated heterocycles. The minimum atomic E-state index is -0.452. The van der Waals surface area contributed by atoms with Gasteiger partial charge >= 0.3 is 0 Å². The van der Waals surface area contributed by atoms with Crippen molar-refractivity contribution in [3.63, 3.8) is 0 Å². The SMILES string of the molecule is CCC(Cl)c1c(C)nn(Cc2cc(F)ccc2F)c1C. The van der Waals surface area contributed by atoms with Gasteiger partial charge in [0, 0.05) is 16.8 Å². The van der Waals surface area contributed by atoms with E-state index in [9.17, 15) is 8.78 Å². The van der Waals surface area contributed by atoms with E-state index in [2.05, 4.69) is 5.10 Å². The molecule has 0 N–H and O–H groups in total. The first-order chi connectivity index (χ1) is 9.43. The molecule has 0 spiro atoms. The maximum Gasteiger partial charge on any atom is 0.128 e. The third kappa shape index (κ3) is 2.85. The van der Waals surface area contributed by atoms with Gasteiger partial charge in [-0.25, -0.2) is 8.78 Å². The molecule has 0 bridgehead atoms. The molecule has 1 heterocycles. The first-order valence-electron chi connectivity index (χ1n) is 6.56. The van der Waals surface area contributed by atoms with E-state index < -0.39 is 11.6 Å². The molecule has 20 heavy (non-hydrogen) atoms. The smallest absolute Gasteiger partial charge is 0.128 e. The second kappa shape index (κ2) is 5.92. The largest absolute Gasteiger partial charge is 0.265 e. The van der Waals surface area contributed by atoms with Crippen molar-refractivity contribution >= 4 is 11.6 Å². The highest BCUT2D eigenvalue weighted by atomic mass is 35.5. The molecular formula is C15H17ClF2N2. The highest BCUT2D eigenvalue weighted by Crippen LogP contribution is 2.29. The van der Waals surface area contributed by atoms with E-state index in [1.807, 2.05) is 20.8 Å². The lowest BCUT2D eigenvalue weighted by molar-refractivity contribution is 0.561. The molecule has 0 aliphatic carbocycles. The lowest BCUT2D eigenvalue weighted by Crippen LogP contribution is -2.06. The molecule has 0 radical (unpaired) electrons. The van der Waals surface area contributed by atoms with Crippen LogP contribution in [0.5, 0.6) is 0 Å². The Balaban J connectivity index is 2.37. The summed E-state index contributed by atoms with van der Waals surface area (Å²) in [5, 5.41) is 4.28. The van der Waals surface area contributed by atoms with Crippen LogP contribution in [0.15, 0.2) is 18.2 Å². The van der Waals surface area contributed by atoms with Crippen molar-refractivity contribution in [2.75, 3.05) is 0 Å². The van der Waals surface area contributed by atoms with Crippen molar-refractivity contribution in [2.24, 2.45) is 0 Å². The van der Waals surface area contributed by atoms with Gasteiger partial charge < -0.3 is 0 Å². The quantitative estimate of drug-likeness (QED) is 0.759. The molecule has 0 fully saturated rings. The van der Waals surface area contributed by atoms with Crippen molar-refractivity contribution in [1.29, 1.82) is 0 Å². The minimum Gasteiger partial charge on any atom is -0.265 e. The number of benzene rings is 1. The molecule has 0 amide bonds. The molecule has 0 saturated carbocycles. The van der Waals surface area contributed by atoms with Gasteiger partial charge in [0.1, 0.15) is 11.6 Å². The van der Waals surface area contributed by atoms with Gasteiger partial charge in [0.15, 0.2) is 0 Å². The zero-order chi connectivity index (χ0) is 14.9. The fourth-order valence-corrected chi connectivity index (χ4v) is 2.66. The van der Waals surface area contributed by atoms with Gasteiger partial charge in [-0.3, -0.25) is 4.68 Å². The lowest BCUT2D eigenvalue weighted by Gasteiger charge is -2.09. The van der Waals surface area contributed by atoms with Crippen molar-refractivity contribution < 1.29 is 8.78 Å². The summed E-state index contributed by atoms with van der Waals surface area (Å²) in [5.41, 5.74) is 2.99.